The van der Waals surface area contributed by atoms with E-state index in [0.717, 1.165) is 0 Å². The average molecular weight is 676 g/mol. The van der Waals surface area contributed by atoms with Crippen molar-refractivity contribution in [2.45, 2.75) is 25.3 Å². The van der Waals surface area contributed by atoms with Gasteiger partial charge < -0.3 is 15.2 Å². The number of ether oxygens (including phenoxy) is 2. The summed E-state index contributed by atoms with van der Waals surface area (Å²) in [6.45, 7) is 6.99. The van der Waals surface area contributed by atoms with Crippen molar-refractivity contribution in [2.75, 3.05) is 14.2 Å². The molecule has 2 aromatic rings. The molecule has 0 aliphatic rings. The topological polar surface area (TPSA) is 113 Å². The van der Waals surface area contributed by atoms with Gasteiger partial charge in [-0.3, -0.25) is 19.2 Å². The van der Waals surface area contributed by atoms with Crippen molar-refractivity contribution in [3.05, 3.63) is 92.9 Å². The predicted octanol–water partition coefficient (Wildman–Crippen LogP) is 7.79. The van der Waals surface area contributed by atoms with Gasteiger partial charge in [-0.1, -0.05) is 70.7 Å². The maximum atomic E-state index is 12.2. The number of rotatable bonds is 10. The highest BCUT2D eigenvalue weighted by Crippen LogP contribution is 2.28. The molecule has 0 aliphatic carbocycles. The second-order valence-corrected chi connectivity index (χ2v) is 9.46. The summed E-state index contributed by atoms with van der Waals surface area (Å²) in [6.07, 6.45) is 3.97. The van der Waals surface area contributed by atoms with Crippen LogP contribution in [0.2, 0.25) is 20.1 Å². The fourth-order valence-electron chi connectivity index (χ4n) is 2.83. The summed E-state index contributed by atoms with van der Waals surface area (Å²) >= 11 is 28.4. The van der Waals surface area contributed by atoms with Crippen molar-refractivity contribution in [1.82, 2.24) is 0 Å². The third-order valence-corrected chi connectivity index (χ3v) is 6.19. The molecule has 40 heavy (non-hydrogen) atoms. The number of esters is 2. The first kappa shape index (κ1) is 40.0. The molecule has 0 saturated carbocycles. The normalized spacial score (nSPS) is 11.0. The second-order valence-electron chi connectivity index (χ2n) is 7.49. The summed E-state index contributed by atoms with van der Waals surface area (Å²) in [5, 5.41) is 0.468. The summed E-state index contributed by atoms with van der Waals surface area (Å²) in [5.74, 6) is -1.69. The van der Waals surface area contributed by atoms with Crippen LogP contribution in [0.1, 0.15) is 40.0 Å². The minimum atomic E-state index is -0.638. The minimum Gasteiger partial charge on any atom is -0.469 e. The van der Waals surface area contributed by atoms with Gasteiger partial charge in [-0.05, 0) is 48.7 Å². The molecule has 0 amide bonds. The summed E-state index contributed by atoms with van der Waals surface area (Å²) in [5.41, 5.74) is 5.70. The van der Waals surface area contributed by atoms with E-state index in [4.69, 9.17) is 63.7 Å². The summed E-state index contributed by atoms with van der Waals surface area (Å²) in [7, 11) is 2.59. The summed E-state index contributed by atoms with van der Waals surface area (Å²) in [6, 6.07) is 9.04. The molecule has 0 saturated heterocycles. The van der Waals surface area contributed by atoms with E-state index in [1.54, 1.807) is 48.6 Å². The molecule has 0 fully saturated rings. The molecule has 7 nitrogen and oxygen atoms in total. The number of carbonyl (C=O) groups excluding carboxylic acids is 4. The highest BCUT2D eigenvalue weighted by Gasteiger charge is 2.24. The first-order valence-corrected chi connectivity index (χ1v) is 13.0. The Morgan fingerprint density at radius 2 is 1.20 bits per heavy atom. The van der Waals surface area contributed by atoms with Crippen molar-refractivity contribution < 1.29 is 28.7 Å². The zero-order valence-electron chi connectivity index (χ0n) is 21.6. The van der Waals surface area contributed by atoms with Crippen LogP contribution in [0.5, 0.6) is 0 Å². The Hall–Kier alpha value is -2.10. The molecule has 0 aromatic heterocycles. The number of benzene rings is 2. The Labute approximate surface area is 264 Å². The second kappa shape index (κ2) is 21.6. The van der Waals surface area contributed by atoms with Crippen LogP contribution in [0.15, 0.2) is 61.7 Å². The van der Waals surface area contributed by atoms with E-state index in [-0.39, 0.29) is 55.8 Å². The SMILES string of the molecule is C=CC[C@H](CC(=O)c1c(Cl)cccc1Cl)C(=O)OC.C=CC[C@H](N)C(=O)OC.Cl.O=C(Cl)c1c(Cl)cccc1Cl. The summed E-state index contributed by atoms with van der Waals surface area (Å²) in [4.78, 5) is 44.9. The third kappa shape index (κ3) is 14.0. The maximum absolute atomic E-state index is 12.2. The number of hydrogen-bond donors (Lipinski definition) is 1. The molecular formula is C27H29Cl6NO6. The lowest BCUT2D eigenvalue weighted by molar-refractivity contribution is -0.145. The molecule has 2 N–H and O–H groups in total. The number of nitrogens with two attached hydrogens (primary N) is 1. The molecule has 220 valence electrons. The van der Waals surface area contributed by atoms with Gasteiger partial charge in [0.25, 0.3) is 5.24 Å². The van der Waals surface area contributed by atoms with Crippen LogP contribution in [0.3, 0.4) is 0 Å². The zero-order valence-corrected chi connectivity index (χ0v) is 26.2. The Bertz CT molecular complexity index is 1130. The fourth-order valence-corrected chi connectivity index (χ4v) is 4.31. The minimum absolute atomic E-state index is 0. The van der Waals surface area contributed by atoms with E-state index in [9.17, 15) is 19.2 Å². The molecule has 2 aromatic carbocycles. The van der Waals surface area contributed by atoms with E-state index in [2.05, 4.69) is 22.6 Å². The lowest BCUT2D eigenvalue weighted by Gasteiger charge is -2.13. The number of Topliss-reactive ketones (excluding diaryl/α,β-unsaturated/α-hetero) is 1. The van der Waals surface area contributed by atoms with Gasteiger partial charge in [0.05, 0.1) is 51.4 Å². The Kier molecular flexibility index (Phi) is 21.6. The van der Waals surface area contributed by atoms with Gasteiger partial charge in [0.1, 0.15) is 6.04 Å². The van der Waals surface area contributed by atoms with Crippen LogP contribution < -0.4 is 5.73 Å². The first-order chi connectivity index (χ1) is 18.4. The van der Waals surface area contributed by atoms with Crippen molar-refractivity contribution in [1.29, 1.82) is 0 Å². The highest BCUT2D eigenvalue weighted by atomic mass is 35.5. The van der Waals surface area contributed by atoms with Crippen LogP contribution >= 0.6 is 70.4 Å². The van der Waals surface area contributed by atoms with Gasteiger partial charge in [-0.15, -0.1) is 25.6 Å². The Morgan fingerprint density at radius 1 is 0.800 bits per heavy atom. The van der Waals surface area contributed by atoms with E-state index in [1.807, 2.05) is 0 Å². The maximum Gasteiger partial charge on any atom is 0.322 e. The van der Waals surface area contributed by atoms with Crippen molar-refractivity contribution in [3.8, 4) is 0 Å². The van der Waals surface area contributed by atoms with Crippen LogP contribution in [-0.4, -0.2) is 43.2 Å². The molecule has 0 radical (unpaired) electrons. The first-order valence-electron chi connectivity index (χ1n) is 11.1. The third-order valence-electron chi connectivity index (χ3n) is 4.74. The molecule has 0 aliphatic heterocycles. The molecule has 13 heteroatoms. The van der Waals surface area contributed by atoms with Crippen LogP contribution in [0.4, 0.5) is 0 Å². The monoisotopic (exact) mass is 673 g/mol. The fraction of sp³-hybridized carbons (Fsp3) is 0.259. The van der Waals surface area contributed by atoms with Crippen LogP contribution in [-0.2, 0) is 19.1 Å². The van der Waals surface area contributed by atoms with E-state index in [1.165, 1.54) is 14.2 Å². The number of ketones is 1. The zero-order chi connectivity index (χ0) is 30.1. The Balaban J connectivity index is 0. The highest BCUT2D eigenvalue weighted by molar-refractivity contribution is 6.69. The molecule has 0 unspecified atom stereocenters. The lowest BCUT2D eigenvalue weighted by atomic mass is 9.95. The number of methoxy groups -OCH3 is 2. The molecule has 0 spiro atoms. The average Bonchev–Trinajstić information content (AvgIpc) is 2.88. The smallest absolute Gasteiger partial charge is 0.322 e. The molecule has 2 atom stereocenters. The number of allylic oxidation sites excluding steroid dienone is 1. The van der Waals surface area contributed by atoms with E-state index in [0.29, 0.717) is 12.8 Å². The number of halogens is 6. The molecular weight excluding hydrogens is 647 g/mol. The van der Waals surface area contributed by atoms with Gasteiger partial charge in [0.2, 0.25) is 0 Å². The van der Waals surface area contributed by atoms with Crippen molar-refractivity contribution in [3.63, 3.8) is 0 Å². The van der Waals surface area contributed by atoms with Crippen LogP contribution in [0, 0.1) is 5.92 Å². The van der Waals surface area contributed by atoms with Gasteiger partial charge in [0, 0.05) is 6.42 Å². The van der Waals surface area contributed by atoms with Gasteiger partial charge in [-0.2, -0.15) is 0 Å². The standard InChI is InChI=1S/C14H14Cl2O3.C7H3Cl3O.C6H11NO2.ClH/c1-3-5-9(14(18)19-2)8-12(17)13-10(15)6-4-7-11(13)16;8-4-2-1-3-5(9)6(4)7(10)11;1-3-4-5(7)6(8)9-2;/h3-4,6-7,9H,1,5,8H2,2H3;1-3H;3,5H,1,4,7H2,2H3;1H/t9-;;5-;/m1.0./s1. The van der Waals surface area contributed by atoms with E-state index < -0.39 is 29.1 Å². The lowest BCUT2D eigenvalue weighted by Crippen LogP contribution is -2.30. The van der Waals surface area contributed by atoms with Gasteiger partial charge >= 0.3 is 11.9 Å². The molecule has 0 bridgehead atoms. The largest absolute Gasteiger partial charge is 0.469 e. The number of carbonyl (C=O) groups is 4. The van der Waals surface area contributed by atoms with Crippen molar-refractivity contribution in [2.24, 2.45) is 11.7 Å². The number of hydrogen-bond acceptors (Lipinski definition) is 7. The predicted molar refractivity (Wildman–Crippen MR) is 164 cm³/mol. The van der Waals surface area contributed by atoms with Gasteiger partial charge in [-0.25, -0.2) is 0 Å². The van der Waals surface area contributed by atoms with Crippen LogP contribution in [0.25, 0.3) is 0 Å². The molecule has 2 rings (SSSR count). The van der Waals surface area contributed by atoms with E-state index >= 15 is 0 Å². The quantitative estimate of drug-likeness (QED) is 0.118. The summed E-state index contributed by atoms with van der Waals surface area (Å²) < 4.78 is 9.01. The van der Waals surface area contributed by atoms with Crippen molar-refractivity contribution >= 4 is 93.4 Å². The molecule has 0 heterocycles. The Morgan fingerprint density at radius 3 is 1.52 bits per heavy atom. The van der Waals surface area contributed by atoms with Gasteiger partial charge in [0.15, 0.2) is 5.78 Å².